The summed E-state index contributed by atoms with van der Waals surface area (Å²) in [5.74, 6) is 1.05. The third-order valence-electron chi connectivity index (χ3n) is 3.47. The highest BCUT2D eigenvalue weighted by molar-refractivity contribution is 5.75. The third kappa shape index (κ3) is 4.45. The lowest BCUT2D eigenvalue weighted by atomic mass is 10.1. The number of carbonyl (C=O) groups is 1. The van der Waals surface area contributed by atoms with E-state index in [-0.39, 0.29) is 5.78 Å². The first-order valence-corrected chi connectivity index (χ1v) is 7.31. The first-order valence-electron chi connectivity index (χ1n) is 7.31. The Labute approximate surface area is 125 Å². The number of nitrogens with zero attached hydrogens (tertiary/aromatic N) is 2. The number of ketones is 1. The predicted octanol–water partition coefficient (Wildman–Crippen LogP) is 3.08. The van der Waals surface area contributed by atoms with Crippen LogP contribution in [0.3, 0.4) is 0 Å². The van der Waals surface area contributed by atoms with Gasteiger partial charge in [0, 0.05) is 13.5 Å². The van der Waals surface area contributed by atoms with Crippen LogP contribution in [0.5, 0.6) is 5.75 Å². The normalized spacial score (nSPS) is 10.6. The Morgan fingerprint density at radius 2 is 2.00 bits per heavy atom. The van der Waals surface area contributed by atoms with Crippen LogP contribution in [0.4, 0.5) is 0 Å². The number of rotatable bonds is 7. The van der Waals surface area contributed by atoms with Crippen LogP contribution in [0.15, 0.2) is 30.3 Å². The topological polar surface area (TPSA) is 44.1 Å². The Kier molecular flexibility index (Phi) is 5.14. The first kappa shape index (κ1) is 15.3. The van der Waals surface area contributed by atoms with Gasteiger partial charge in [0.2, 0.25) is 0 Å². The van der Waals surface area contributed by atoms with E-state index < -0.39 is 0 Å². The molecular weight excluding hydrogens is 264 g/mol. The molecule has 21 heavy (non-hydrogen) atoms. The Hall–Kier alpha value is -2.10. The van der Waals surface area contributed by atoms with Crippen molar-refractivity contribution in [3.8, 4) is 5.75 Å². The molecule has 0 spiro atoms. The van der Waals surface area contributed by atoms with Crippen molar-refractivity contribution in [1.82, 2.24) is 9.78 Å². The fraction of sp³-hybridized carbons (Fsp3) is 0.412. The molecule has 4 heteroatoms. The second-order valence-corrected chi connectivity index (χ2v) is 5.24. The summed E-state index contributed by atoms with van der Waals surface area (Å²) < 4.78 is 7.64. The van der Waals surface area contributed by atoms with Crippen molar-refractivity contribution < 1.29 is 9.53 Å². The molecule has 4 nitrogen and oxygen atoms in total. The van der Waals surface area contributed by atoms with Gasteiger partial charge >= 0.3 is 0 Å². The van der Waals surface area contributed by atoms with Crippen molar-refractivity contribution in [2.45, 2.75) is 39.7 Å². The summed E-state index contributed by atoms with van der Waals surface area (Å²) in [7, 11) is 1.93. The summed E-state index contributed by atoms with van der Waals surface area (Å²) in [6, 6.07) is 10.00. The highest BCUT2D eigenvalue weighted by Gasteiger charge is 2.05. The molecule has 0 aliphatic rings. The molecule has 2 rings (SSSR count). The van der Waals surface area contributed by atoms with Gasteiger partial charge in [0.25, 0.3) is 0 Å². The van der Waals surface area contributed by atoms with E-state index in [0.29, 0.717) is 13.0 Å². The van der Waals surface area contributed by atoms with Gasteiger partial charge in [0.05, 0.1) is 11.4 Å². The zero-order valence-electron chi connectivity index (χ0n) is 12.9. The lowest BCUT2D eigenvalue weighted by molar-refractivity contribution is -0.116. The molecule has 2 aromatic rings. The van der Waals surface area contributed by atoms with Gasteiger partial charge in [-0.15, -0.1) is 0 Å². The maximum absolute atomic E-state index is 11.0. The van der Waals surface area contributed by atoms with Gasteiger partial charge in [-0.05, 0) is 43.5 Å². The van der Waals surface area contributed by atoms with Gasteiger partial charge < -0.3 is 9.53 Å². The Morgan fingerprint density at radius 3 is 2.57 bits per heavy atom. The summed E-state index contributed by atoms with van der Waals surface area (Å²) in [6.07, 6.45) is 2.31. The molecule has 1 aromatic heterocycles. The van der Waals surface area contributed by atoms with Crippen molar-refractivity contribution in [3.63, 3.8) is 0 Å². The molecule has 0 radical (unpaired) electrons. The molecule has 0 saturated carbocycles. The second-order valence-electron chi connectivity index (χ2n) is 5.24. The first-order chi connectivity index (χ1) is 10.1. The number of benzene rings is 1. The number of Topliss-reactive ketones (excluding diaryl/α,β-unsaturated/α-hetero) is 1. The standard InChI is InChI=1S/C17H22N2O2/c1-4-15-11-16(19(3)18-15)12-21-17-9-7-14(8-10-17)6-5-13(2)20/h7-11H,4-6,12H2,1-3H3. The van der Waals surface area contributed by atoms with Crippen molar-refractivity contribution in [2.75, 3.05) is 0 Å². The van der Waals surface area contributed by atoms with E-state index in [1.807, 2.05) is 36.0 Å². The summed E-state index contributed by atoms with van der Waals surface area (Å²) in [5, 5.41) is 4.40. The SMILES string of the molecule is CCc1cc(COc2ccc(CCC(C)=O)cc2)n(C)n1. The summed E-state index contributed by atoms with van der Waals surface area (Å²) >= 11 is 0. The molecule has 112 valence electrons. The largest absolute Gasteiger partial charge is 0.487 e. The average Bonchev–Trinajstić information content (AvgIpc) is 2.84. The van der Waals surface area contributed by atoms with Crippen LogP contribution in [0.1, 0.15) is 37.2 Å². The van der Waals surface area contributed by atoms with Crippen LogP contribution in [-0.4, -0.2) is 15.6 Å². The Morgan fingerprint density at radius 1 is 1.29 bits per heavy atom. The third-order valence-corrected chi connectivity index (χ3v) is 3.47. The summed E-state index contributed by atoms with van der Waals surface area (Å²) in [5.41, 5.74) is 3.30. The molecule has 0 bridgehead atoms. The maximum Gasteiger partial charge on any atom is 0.130 e. The maximum atomic E-state index is 11.0. The van der Waals surface area contributed by atoms with Crippen molar-refractivity contribution >= 4 is 5.78 Å². The molecule has 0 saturated heterocycles. The number of aromatic nitrogens is 2. The van der Waals surface area contributed by atoms with Crippen molar-refractivity contribution in [3.05, 3.63) is 47.3 Å². The highest BCUT2D eigenvalue weighted by atomic mass is 16.5. The zero-order valence-corrected chi connectivity index (χ0v) is 12.9. The molecule has 0 aliphatic carbocycles. The quantitative estimate of drug-likeness (QED) is 0.785. The minimum atomic E-state index is 0.221. The molecular formula is C17H22N2O2. The molecule has 0 fully saturated rings. The minimum absolute atomic E-state index is 0.221. The van der Waals surface area contributed by atoms with Gasteiger partial charge in [0.15, 0.2) is 0 Å². The van der Waals surface area contributed by atoms with Crippen LogP contribution in [-0.2, 0) is 31.3 Å². The van der Waals surface area contributed by atoms with E-state index in [9.17, 15) is 4.79 Å². The molecule has 1 aromatic carbocycles. The fourth-order valence-electron chi connectivity index (χ4n) is 2.11. The van der Waals surface area contributed by atoms with E-state index in [1.54, 1.807) is 6.92 Å². The van der Waals surface area contributed by atoms with Crippen molar-refractivity contribution in [1.29, 1.82) is 0 Å². The molecule has 0 unspecified atom stereocenters. The lowest BCUT2D eigenvalue weighted by Gasteiger charge is -2.07. The highest BCUT2D eigenvalue weighted by Crippen LogP contribution is 2.15. The summed E-state index contributed by atoms with van der Waals surface area (Å²) in [6.45, 7) is 4.22. The van der Waals surface area contributed by atoms with Crippen molar-refractivity contribution in [2.24, 2.45) is 7.05 Å². The van der Waals surface area contributed by atoms with Crippen LogP contribution in [0, 0.1) is 0 Å². The predicted molar refractivity (Wildman–Crippen MR) is 82.4 cm³/mol. The molecule has 0 amide bonds. The van der Waals surface area contributed by atoms with E-state index in [0.717, 1.165) is 35.5 Å². The number of carbonyl (C=O) groups excluding carboxylic acids is 1. The monoisotopic (exact) mass is 286 g/mol. The fourth-order valence-corrected chi connectivity index (χ4v) is 2.11. The zero-order chi connectivity index (χ0) is 15.2. The number of aryl methyl sites for hydroxylation is 3. The Bertz CT molecular complexity index is 600. The van der Waals surface area contributed by atoms with E-state index >= 15 is 0 Å². The van der Waals surface area contributed by atoms with Gasteiger partial charge in [-0.2, -0.15) is 5.10 Å². The Balaban J connectivity index is 1.91. The summed E-state index contributed by atoms with van der Waals surface area (Å²) in [4.78, 5) is 11.0. The molecule has 0 atom stereocenters. The minimum Gasteiger partial charge on any atom is -0.487 e. The second kappa shape index (κ2) is 7.07. The molecule has 0 N–H and O–H groups in total. The van der Waals surface area contributed by atoms with E-state index in [1.165, 1.54) is 0 Å². The smallest absolute Gasteiger partial charge is 0.130 e. The van der Waals surface area contributed by atoms with Crippen LogP contribution in [0.25, 0.3) is 0 Å². The van der Waals surface area contributed by atoms with Gasteiger partial charge in [-0.25, -0.2) is 0 Å². The van der Waals surface area contributed by atoms with Crippen LogP contribution in [0.2, 0.25) is 0 Å². The number of ether oxygens (including phenoxy) is 1. The van der Waals surface area contributed by atoms with Gasteiger partial charge in [0.1, 0.15) is 18.1 Å². The number of hydrogen-bond donors (Lipinski definition) is 0. The van der Waals surface area contributed by atoms with E-state index in [2.05, 4.69) is 18.1 Å². The van der Waals surface area contributed by atoms with Gasteiger partial charge in [-0.3, -0.25) is 4.68 Å². The van der Waals surface area contributed by atoms with E-state index in [4.69, 9.17) is 4.74 Å². The number of hydrogen-bond acceptors (Lipinski definition) is 3. The molecule has 1 heterocycles. The lowest BCUT2D eigenvalue weighted by Crippen LogP contribution is -2.03. The molecule has 0 aliphatic heterocycles. The average molecular weight is 286 g/mol. The van der Waals surface area contributed by atoms with Gasteiger partial charge in [-0.1, -0.05) is 19.1 Å². The van der Waals surface area contributed by atoms with Crippen LogP contribution >= 0.6 is 0 Å². The van der Waals surface area contributed by atoms with Crippen LogP contribution < -0.4 is 4.74 Å².